The van der Waals surface area contributed by atoms with Crippen LogP contribution in [0.15, 0.2) is 54.6 Å². The minimum Gasteiger partial charge on any atom is -0.377 e. The van der Waals surface area contributed by atoms with E-state index in [-0.39, 0.29) is 11.8 Å². The number of carbonyl (C=O) groups excluding carboxylic acids is 2. The fourth-order valence-corrected chi connectivity index (χ4v) is 2.35. The monoisotopic (exact) mass is 325 g/mol. The van der Waals surface area contributed by atoms with Gasteiger partial charge in [-0.3, -0.25) is 9.59 Å². The van der Waals surface area contributed by atoms with E-state index in [1.54, 1.807) is 6.07 Å². The maximum absolute atomic E-state index is 12.3. The van der Waals surface area contributed by atoms with Crippen molar-refractivity contribution in [1.29, 1.82) is 0 Å². The highest BCUT2D eigenvalue weighted by atomic mass is 16.2. The third-order valence-electron chi connectivity index (χ3n) is 3.55. The Morgan fingerprint density at radius 2 is 1.62 bits per heavy atom. The number of carbonyl (C=O) groups is 2. The fourth-order valence-electron chi connectivity index (χ4n) is 2.35. The van der Waals surface area contributed by atoms with E-state index in [2.05, 4.69) is 10.6 Å². The standard InChI is InChI=1S/C19H23N3O2/c1-22(2)17-12-7-6-11-16(17)19(24)20-14-8-13-18(23)21-15-9-4-3-5-10-15/h3-7,9-12H,8,13-14H2,1-2H3,(H,20,24)(H,21,23). The minimum atomic E-state index is -0.122. The highest BCUT2D eigenvalue weighted by Crippen LogP contribution is 2.17. The lowest BCUT2D eigenvalue weighted by Gasteiger charge is -2.16. The summed E-state index contributed by atoms with van der Waals surface area (Å²) in [5.41, 5.74) is 2.29. The van der Waals surface area contributed by atoms with Gasteiger partial charge in [-0.15, -0.1) is 0 Å². The Morgan fingerprint density at radius 3 is 2.33 bits per heavy atom. The molecule has 24 heavy (non-hydrogen) atoms. The Kier molecular flexibility index (Phi) is 6.37. The molecule has 5 heteroatoms. The molecule has 0 aliphatic carbocycles. The summed E-state index contributed by atoms with van der Waals surface area (Å²) in [6, 6.07) is 16.8. The van der Waals surface area contributed by atoms with Crippen molar-refractivity contribution in [2.24, 2.45) is 0 Å². The third kappa shape index (κ3) is 5.12. The summed E-state index contributed by atoms with van der Waals surface area (Å²) in [6.45, 7) is 0.461. The molecule has 0 saturated heterocycles. The smallest absolute Gasteiger partial charge is 0.253 e. The lowest BCUT2D eigenvalue weighted by atomic mass is 10.1. The highest BCUT2D eigenvalue weighted by molar-refractivity contribution is 5.99. The average Bonchev–Trinajstić information content (AvgIpc) is 2.59. The highest BCUT2D eigenvalue weighted by Gasteiger charge is 2.11. The summed E-state index contributed by atoms with van der Waals surface area (Å²) in [7, 11) is 3.81. The zero-order valence-electron chi connectivity index (χ0n) is 14.1. The van der Waals surface area contributed by atoms with Crippen molar-refractivity contribution >= 4 is 23.2 Å². The summed E-state index contributed by atoms with van der Waals surface area (Å²) in [5, 5.41) is 5.70. The first-order chi connectivity index (χ1) is 11.6. The van der Waals surface area contributed by atoms with Gasteiger partial charge in [0.05, 0.1) is 5.56 Å². The van der Waals surface area contributed by atoms with E-state index in [0.717, 1.165) is 11.4 Å². The number of nitrogens with one attached hydrogen (secondary N) is 2. The largest absolute Gasteiger partial charge is 0.377 e. The zero-order valence-corrected chi connectivity index (χ0v) is 14.1. The summed E-state index contributed by atoms with van der Waals surface area (Å²) in [6.07, 6.45) is 0.957. The average molecular weight is 325 g/mol. The molecule has 0 aliphatic heterocycles. The summed E-state index contributed by atoms with van der Waals surface area (Å²) < 4.78 is 0. The van der Waals surface area contributed by atoms with Crippen LogP contribution in [0, 0.1) is 0 Å². The van der Waals surface area contributed by atoms with Crippen molar-refractivity contribution < 1.29 is 9.59 Å². The second-order valence-electron chi connectivity index (χ2n) is 5.69. The van der Waals surface area contributed by atoms with Gasteiger partial charge in [0.2, 0.25) is 5.91 Å². The molecule has 0 fully saturated rings. The number of hydrogen-bond donors (Lipinski definition) is 2. The Morgan fingerprint density at radius 1 is 0.958 bits per heavy atom. The van der Waals surface area contributed by atoms with E-state index < -0.39 is 0 Å². The molecule has 2 aromatic carbocycles. The van der Waals surface area contributed by atoms with Crippen LogP contribution < -0.4 is 15.5 Å². The molecule has 0 heterocycles. The van der Waals surface area contributed by atoms with Crippen molar-refractivity contribution in [2.75, 3.05) is 30.9 Å². The van der Waals surface area contributed by atoms with Crippen LogP contribution in [0.5, 0.6) is 0 Å². The maximum atomic E-state index is 12.3. The van der Waals surface area contributed by atoms with Crippen LogP contribution in [0.25, 0.3) is 0 Å². The minimum absolute atomic E-state index is 0.0517. The number of rotatable bonds is 7. The molecule has 2 rings (SSSR count). The predicted molar refractivity (Wildman–Crippen MR) is 97.4 cm³/mol. The molecule has 5 nitrogen and oxygen atoms in total. The molecular formula is C19H23N3O2. The molecule has 126 valence electrons. The van der Waals surface area contributed by atoms with E-state index in [9.17, 15) is 9.59 Å². The molecule has 2 amide bonds. The number of amides is 2. The molecule has 0 unspecified atom stereocenters. The summed E-state index contributed by atoms with van der Waals surface area (Å²) in [5.74, 6) is -0.174. The molecule has 0 radical (unpaired) electrons. The van der Waals surface area contributed by atoms with Gasteiger partial charge in [-0.05, 0) is 30.7 Å². The van der Waals surface area contributed by atoms with Crippen LogP contribution in [-0.2, 0) is 4.79 Å². The molecule has 0 atom stereocenters. The number of para-hydroxylation sites is 2. The molecule has 0 spiro atoms. The van der Waals surface area contributed by atoms with Crippen LogP contribution in [0.1, 0.15) is 23.2 Å². The van der Waals surface area contributed by atoms with Gasteiger partial charge in [-0.1, -0.05) is 30.3 Å². The van der Waals surface area contributed by atoms with Crippen molar-refractivity contribution in [3.05, 3.63) is 60.2 Å². The predicted octanol–water partition coefficient (Wildman–Crippen LogP) is 2.90. The normalized spacial score (nSPS) is 10.1. The van der Waals surface area contributed by atoms with Gasteiger partial charge in [0.15, 0.2) is 0 Å². The Hall–Kier alpha value is -2.82. The van der Waals surface area contributed by atoms with Crippen LogP contribution >= 0.6 is 0 Å². The van der Waals surface area contributed by atoms with Gasteiger partial charge in [0.25, 0.3) is 5.91 Å². The molecule has 2 N–H and O–H groups in total. The van der Waals surface area contributed by atoms with Crippen LogP contribution in [0.4, 0.5) is 11.4 Å². The molecule has 0 bridgehead atoms. The van der Waals surface area contributed by atoms with Crippen molar-refractivity contribution in [2.45, 2.75) is 12.8 Å². The van der Waals surface area contributed by atoms with E-state index in [1.165, 1.54) is 0 Å². The van der Waals surface area contributed by atoms with Crippen LogP contribution in [0.3, 0.4) is 0 Å². The first-order valence-electron chi connectivity index (χ1n) is 7.97. The van der Waals surface area contributed by atoms with Gasteiger partial charge in [0.1, 0.15) is 0 Å². The number of nitrogens with zero attached hydrogens (tertiary/aromatic N) is 1. The van der Waals surface area contributed by atoms with E-state index in [4.69, 9.17) is 0 Å². The molecule has 2 aromatic rings. The van der Waals surface area contributed by atoms with Crippen molar-refractivity contribution in [1.82, 2.24) is 5.32 Å². The molecule has 0 saturated carbocycles. The van der Waals surface area contributed by atoms with Crippen molar-refractivity contribution in [3.8, 4) is 0 Å². The van der Waals surface area contributed by atoms with Crippen molar-refractivity contribution in [3.63, 3.8) is 0 Å². The lowest BCUT2D eigenvalue weighted by molar-refractivity contribution is -0.116. The van der Waals surface area contributed by atoms with Crippen LogP contribution in [-0.4, -0.2) is 32.5 Å². The maximum Gasteiger partial charge on any atom is 0.253 e. The Bertz CT molecular complexity index is 684. The third-order valence-corrected chi connectivity index (χ3v) is 3.55. The SMILES string of the molecule is CN(C)c1ccccc1C(=O)NCCCC(=O)Nc1ccccc1. The zero-order chi connectivity index (χ0) is 17.4. The quantitative estimate of drug-likeness (QED) is 0.770. The van der Waals surface area contributed by atoms with Gasteiger partial charge >= 0.3 is 0 Å². The number of benzene rings is 2. The van der Waals surface area contributed by atoms with Crippen LogP contribution in [0.2, 0.25) is 0 Å². The van der Waals surface area contributed by atoms with E-state index in [0.29, 0.717) is 24.9 Å². The second-order valence-corrected chi connectivity index (χ2v) is 5.69. The van der Waals surface area contributed by atoms with Gasteiger partial charge in [0, 0.05) is 38.4 Å². The second kappa shape index (κ2) is 8.72. The first-order valence-corrected chi connectivity index (χ1v) is 7.97. The molecule has 0 aromatic heterocycles. The van der Waals surface area contributed by atoms with E-state index in [1.807, 2.05) is 67.5 Å². The molecule has 0 aliphatic rings. The fraction of sp³-hybridized carbons (Fsp3) is 0.263. The van der Waals surface area contributed by atoms with E-state index >= 15 is 0 Å². The molecular weight excluding hydrogens is 302 g/mol. The Labute approximate surface area is 142 Å². The Balaban J connectivity index is 1.76. The number of anilines is 2. The summed E-state index contributed by atoms with van der Waals surface area (Å²) in [4.78, 5) is 26.0. The van der Waals surface area contributed by atoms with Gasteiger partial charge < -0.3 is 15.5 Å². The lowest BCUT2D eigenvalue weighted by Crippen LogP contribution is -2.27. The van der Waals surface area contributed by atoms with Gasteiger partial charge in [-0.25, -0.2) is 0 Å². The number of hydrogen-bond acceptors (Lipinski definition) is 3. The first kappa shape index (κ1) is 17.5. The van der Waals surface area contributed by atoms with Gasteiger partial charge in [-0.2, -0.15) is 0 Å². The topological polar surface area (TPSA) is 61.4 Å². The summed E-state index contributed by atoms with van der Waals surface area (Å²) >= 11 is 0.